The van der Waals surface area contributed by atoms with Crippen LogP contribution < -0.4 is 0 Å². The molecule has 0 fully saturated rings. The number of aromatic nitrogens is 4. The fourth-order valence-electron chi connectivity index (χ4n) is 1.91. The van der Waals surface area contributed by atoms with Crippen molar-refractivity contribution in [2.75, 3.05) is 33.4 Å². The van der Waals surface area contributed by atoms with Gasteiger partial charge in [0.25, 0.3) is 11.7 Å². The van der Waals surface area contributed by atoms with Gasteiger partial charge in [0.1, 0.15) is 6.33 Å². The van der Waals surface area contributed by atoms with E-state index in [1.165, 1.54) is 21.9 Å². The Morgan fingerprint density at radius 2 is 2.25 bits per heavy atom. The van der Waals surface area contributed by atoms with E-state index in [1.807, 2.05) is 0 Å². The van der Waals surface area contributed by atoms with Crippen LogP contribution in [-0.2, 0) is 4.74 Å². The van der Waals surface area contributed by atoms with Crippen LogP contribution in [0.4, 0.5) is 0 Å². The Labute approximate surface area is 116 Å². The van der Waals surface area contributed by atoms with Crippen LogP contribution in [0.15, 0.2) is 12.5 Å². The van der Waals surface area contributed by atoms with Crippen LogP contribution in [0.2, 0.25) is 0 Å². The molecular formula is C12H17N5O3. The molecule has 20 heavy (non-hydrogen) atoms. The van der Waals surface area contributed by atoms with Crippen LogP contribution in [0.1, 0.15) is 16.1 Å². The van der Waals surface area contributed by atoms with Crippen molar-refractivity contribution in [3.05, 3.63) is 23.8 Å². The zero-order valence-corrected chi connectivity index (χ0v) is 11.5. The number of rotatable bonds is 6. The highest BCUT2D eigenvalue weighted by molar-refractivity contribution is 5.95. The first-order valence-corrected chi connectivity index (χ1v) is 6.23. The number of hydrogen-bond donors (Lipinski definition) is 1. The third-order valence-electron chi connectivity index (χ3n) is 3.00. The highest BCUT2D eigenvalue weighted by Gasteiger charge is 2.19. The molecule has 2 aromatic heterocycles. The average Bonchev–Trinajstić information content (AvgIpc) is 2.92. The smallest absolute Gasteiger partial charge is 0.257 e. The van der Waals surface area contributed by atoms with E-state index in [9.17, 15) is 4.79 Å². The van der Waals surface area contributed by atoms with Crippen molar-refractivity contribution >= 4 is 11.7 Å². The molecule has 2 heterocycles. The molecule has 8 heteroatoms. The molecule has 0 spiro atoms. The molecule has 1 amide bonds. The van der Waals surface area contributed by atoms with E-state index >= 15 is 0 Å². The van der Waals surface area contributed by atoms with Gasteiger partial charge >= 0.3 is 0 Å². The summed E-state index contributed by atoms with van der Waals surface area (Å²) in [4.78, 5) is 22.1. The normalized spacial score (nSPS) is 10.9. The summed E-state index contributed by atoms with van der Waals surface area (Å²) in [6.07, 6.45) is 2.87. The lowest BCUT2D eigenvalue weighted by Crippen LogP contribution is -2.36. The van der Waals surface area contributed by atoms with Gasteiger partial charge in [-0.25, -0.2) is 9.50 Å². The number of ether oxygens (including phenoxy) is 1. The summed E-state index contributed by atoms with van der Waals surface area (Å²) < 4.78 is 6.49. The van der Waals surface area contributed by atoms with Gasteiger partial charge in [0.05, 0.1) is 24.5 Å². The van der Waals surface area contributed by atoms with E-state index < -0.39 is 0 Å². The number of hydrogen-bond acceptors (Lipinski definition) is 6. The fourth-order valence-corrected chi connectivity index (χ4v) is 1.91. The molecule has 8 nitrogen and oxygen atoms in total. The summed E-state index contributed by atoms with van der Waals surface area (Å²) in [7, 11) is 1.57. The molecule has 0 aliphatic rings. The van der Waals surface area contributed by atoms with Gasteiger partial charge in [0, 0.05) is 26.4 Å². The van der Waals surface area contributed by atoms with Gasteiger partial charge in [0.15, 0.2) is 0 Å². The number of aryl methyl sites for hydroxylation is 1. The minimum Gasteiger partial charge on any atom is -0.395 e. The molecule has 0 aromatic carbocycles. The molecule has 108 valence electrons. The molecule has 0 saturated heterocycles. The molecule has 0 aliphatic carbocycles. The van der Waals surface area contributed by atoms with Crippen molar-refractivity contribution in [2.24, 2.45) is 0 Å². The van der Waals surface area contributed by atoms with Crippen molar-refractivity contribution in [3.8, 4) is 0 Å². The monoisotopic (exact) mass is 279 g/mol. The number of carbonyl (C=O) groups excluding carboxylic acids is 1. The molecule has 0 radical (unpaired) electrons. The maximum absolute atomic E-state index is 12.5. The Bertz CT molecular complexity index is 598. The molecule has 1 N–H and O–H groups in total. The summed E-state index contributed by atoms with van der Waals surface area (Å²) in [6, 6.07) is 0. The number of aliphatic hydroxyl groups is 1. The van der Waals surface area contributed by atoms with Crippen LogP contribution in [-0.4, -0.2) is 68.9 Å². The summed E-state index contributed by atoms with van der Waals surface area (Å²) in [5, 5.41) is 13.1. The first-order chi connectivity index (χ1) is 9.69. The fraction of sp³-hybridized carbons (Fsp3) is 0.500. The van der Waals surface area contributed by atoms with Gasteiger partial charge in [-0.1, -0.05) is 0 Å². The van der Waals surface area contributed by atoms with Crippen LogP contribution in [0.3, 0.4) is 0 Å². The minimum absolute atomic E-state index is 0.104. The van der Waals surface area contributed by atoms with Crippen molar-refractivity contribution in [1.82, 2.24) is 24.5 Å². The lowest BCUT2D eigenvalue weighted by atomic mass is 10.2. The zero-order valence-electron chi connectivity index (χ0n) is 11.5. The van der Waals surface area contributed by atoms with Crippen molar-refractivity contribution in [1.29, 1.82) is 0 Å². The molecule has 0 atom stereocenters. The van der Waals surface area contributed by atoms with Crippen molar-refractivity contribution in [2.45, 2.75) is 6.92 Å². The SMILES string of the molecule is COCCN(CCO)C(=O)c1cnc2ncnn2c1C. The number of amides is 1. The second-order valence-electron chi connectivity index (χ2n) is 4.24. The van der Waals surface area contributed by atoms with E-state index in [0.717, 1.165) is 0 Å². The quantitative estimate of drug-likeness (QED) is 0.767. The van der Waals surface area contributed by atoms with Crippen LogP contribution >= 0.6 is 0 Å². The van der Waals surface area contributed by atoms with Gasteiger partial charge in [0.2, 0.25) is 0 Å². The Morgan fingerprint density at radius 1 is 1.45 bits per heavy atom. The highest BCUT2D eigenvalue weighted by Crippen LogP contribution is 2.10. The number of carbonyl (C=O) groups is 1. The van der Waals surface area contributed by atoms with Gasteiger partial charge < -0.3 is 14.7 Å². The molecule has 0 saturated carbocycles. The average molecular weight is 279 g/mol. The Balaban J connectivity index is 2.30. The van der Waals surface area contributed by atoms with Gasteiger partial charge in [-0.05, 0) is 6.92 Å². The van der Waals surface area contributed by atoms with Gasteiger partial charge in [-0.15, -0.1) is 0 Å². The largest absolute Gasteiger partial charge is 0.395 e. The lowest BCUT2D eigenvalue weighted by molar-refractivity contribution is 0.0654. The molecule has 2 rings (SSSR count). The number of fused-ring (bicyclic) bond motifs is 1. The number of aliphatic hydroxyl groups excluding tert-OH is 1. The topological polar surface area (TPSA) is 92.9 Å². The third kappa shape index (κ3) is 2.75. The van der Waals surface area contributed by atoms with Crippen molar-refractivity contribution < 1.29 is 14.6 Å². The molecule has 2 aromatic rings. The molecular weight excluding hydrogens is 262 g/mol. The van der Waals surface area contributed by atoms with Crippen molar-refractivity contribution in [3.63, 3.8) is 0 Å². The summed E-state index contributed by atoms with van der Waals surface area (Å²) in [5.74, 6) is 0.239. The first kappa shape index (κ1) is 14.4. The Hall–Kier alpha value is -2.06. The minimum atomic E-state index is -0.210. The van der Waals surface area contributed by atoms with Crippen LogP contribution in [0, 0.1) is 6.92 Å². The summed E-state index contributed by atoms with van der Waals surface area (Å²) >= 11 is 0. The second-order valence-corrected chi connectivity index (χ2v) is 4.24. The van der Waals surface area contributed by atoms with E-state index in [-0.39, 0.29) is 19.1 Å². The van der Waals surface area contributed by atoms with Gasteiger partial charge in [-0.3, -0.25) is 4.79 Å². The van der Waals surface area contributed by atoms with Crippen LogP contribution in [0.25, 0.3) is 5.78 Å². The van der Waals surface area contributed by atoms with Crippen LogP contribution in [0.5, 0.6) is 0 Å². The van der Waals surface area contributed by atoms with E-state index in [2.05, 4.69) is 15.1 Å². The summed E-state index contributed by atoms with van der Waals surface area (Å²) in [6.45, 7) is 2.74. The van der Waals surface area contributed by atoms with E-state index in [0.29, 0.717) is 30.2 Å². The molecule has 0 unspecified atom stereocenters. The zero-order chi connectivity index (χ0) is 14.5. The van der Waals surface area contributed by atoms with E-state index in [4.69, 9.17) is 9.84 Å². The molecule has 0 bridgehead atoms. The maximum Gasteiger partial charge on any atom is 0.257 e. The first-order valence-electron chi connectivity index (χ1n) is 6.23. The number of methoxy groups -OCH3 is 1. The predicted octanol–water partition coefficient (Wildman–Crippen LogP) is -0.486. The maximum atomic E-state index is 12.5. The standard InChI is InChI=1S/C12H17N5O3/c1-9-10(7-13-12-14-8-15-17(9)12)11(19)16(3-5-18)4-6-20-2/h7-8,18H,3-6H2,1-2H3. The number of nitrogens with zero attached hydrogens (tertiary/aromatic N) is 5. The Morgan fingerprint density at radius 3 is 2.95 bits per heavy atom. The predicted molar refractivity (Wildman–Crippen MR) is 70.4 cm³/mol. The highest BCUT2D eigenvalue weighted by atomic mass is 16.5. The Kier molecular flexibility index (Phi) is 4.59. The lowest BCUT2D eigenvalue weighted by Gasteiger charge is -2.22. The second kappa shape index (κ2) is 6.40. The third-order valence-corrected chi connectivity index (χ3v) is 3.00. The summed E-state index contributed by atoms with van der Waals surface area (Å²) in [5.41, 5.74) is 1.10. The van der Waals surface area contributed by atoms with Gasteiger partial charge in [-0.2, -0.15) is 10.1 Å². The molecule has 0 aliphatic heterocycles. The van der Waals surface area contributed by atoms with E-state index in [1.54, 1.807) is 14.0 Å².